The number of allylic oxidation sites excluding steroid dienone is 1. The average molecular weight is 379 g/mol. The van der Waals surface area contributed by atoms with Crippen LogP contribution in [0, 0.1) is 0 Å². The van der Waals surface area contributed by atoms with Gasteiger partial charge in [0.1, 0.15) is 0 Å². The number of aromatic amines is 1. The molecule has 2 aromatic heterocycles. The van der Waals surface area contributed by atoms with E-state index in [-0.39, 0.29) is 10.8 Å². The number of hydrogen-bond donors (Lipinski definition) is 1. The molecule has 0 spiro atoms. The summed E-state index contributed by atoms with van der Waals surface area (Å²) in [7, 11) is 0. The SMILES string of the molecule is C/C(=C/c1ccc2c(c1)C(C)(C)CCC2(C)C)c1ccc(-c2nn[nH]n2)s1. The van der Waals surface area contributed by atoms with Crippen molar-refractivity contribution < 1.29 is 0 Å². The number of thiophene rings is 1. The molecule has 140 valence electrons. The summed E-state index contributed by atoms with van der Waals surface area (Å²) in [6.07, 6.45) is 4.76. The van der Waals surface area contributed by atoms with Crippen LogP contribution in [0.3, 0.4) is 0 Å². The van der Waals surface area contributed by atoms with E-state index >= 15 is 0 Å². The number of fused-ring (bicyclic) bond motifs is 1. The van der Waals surface area contributed by atoms with E-state index in [0.29, 0.717) is 5.82 Å². The first-order valence-electron chi connectivity index (χ1n) is 9.44. The summed E-state index contributed by atoms with van der Waals surface area (Å²) in [5, 5.41) is 14.3. The summed E-state index contributed by atoms with van der Waals surface area (Å²) in [5.74, 6) is 0.650. The van der Waals surface area contributed by atoms with Gasteiger partial charge < -0.3 is 0 Å². The van der Waals surface area contributed by atoms with Crippen molar-refractivity contribution >= 4 is 23.0 Å². The smallest absolute Gasteiger partial charge is 0.177 e. The van der Waals surface area contributed by atoms with Crippen LogP contribution in [0.5, 0.6) is 0 Å². The van der Waals surface area contributed by atoms with Gasteiger partial charge in [0, 0.05) is 4.88 Å². The van der Waals surface area contributed by atoms with Crippen LogP contribution >= 0.6 is 11.3 Å². The molecule has 1 aromatic carbocycles. The van der Waals surface area contributed by atoms with Gasteiger partial charge in [-0.25, -0.2) is 0 Å². The van der Waals surface area contributed by atoms with E-state index in [0.717, 1.165) is 4.88 Å². The lowest BCUT2D eigenvalue weighted by molar-refractivity contribution is 0.332. The molecule has 1 N–H and O–H groups in total. The van der Waals surface area contributed by atoms with Crippen molar-refractivity contribution in [3.8, 4) is 10.7 Å². The topological polar surface area (TPSA) is 54.5 Å². The van der Waals surface area contributed by atoms with E-state index in [1.807, 2.05) is 0 Å². The second-order valence-corrected chi connectivity index (χ2v) is 9.88. The quantitative estimate of drug-likeness (QED) is 0.623. The van der Waals surface area contributed by atoms with Crippen molar-refractivity contribution in [2.75, 3.05) is 0 Å². The molecule has 0 aliphatic heterocycles. The van der Waals surface area contributed by atoms with Gasteiger partial charge in [-0.2, -0.15) is 5.21 Å². The second kappa shape index (κ2) is 6.41. The summed E-state index contributed by atoms with van der Waals surface area (Å²) < 4.78 is 0. The molecule has 3 aromatic rings. The van der Waals surface area contributed by atoms with E-state index in [2.05, 4.69) is 91.7 Å². The van der Waals surface area contributed by atoms with Gasteiger partial charge in [0.05, 0.1) is 4.88 Å². The fraction of sp³-hybridized carbons (Fsp3) is 0.409. The highest BCUT2D eigenvalue weighted by molar-refractivity contribution is 7.16. The predicted molar refractivity (Wildman–Crippen MR) is 113 cm³/mol. The molecule has 0 amide bonds. The highest BCUT2D eigenvalue weighted by Gasteiger charge is 2.36. The zero-order valence-corrected chi connectivity index (χ0v) is 17.4. The Balaban J connectivity index is 1.68. The maximum absolute atomic E-state index is 4.06. The van der Waals surface area contributed by atoms with Crippen LogP contribution in [0.15, 0.2) is 30.3 Å². The number of aromatic nitrogens is 4. The maximum Gasteiger partial charge on any atom is 0.214 e. The van der Waals surface area contributed by atoms with E-state index in [1.54, 1.807) is 11.3 Å². The highest BCUT2D eigenvalue weighted by Crippen LogP contribution is 2.46. The first-order valence-corrected chi connectivity index (χ1v) is 10.3. The van der Waals surface area contributed by atoms with Crippen LogP contribution in [0.25, 0.3) is 22.4 Å². The first kappa shape index (κ1) is 18.1. The minimum Gasteiger partial charge on any atom is -0.177 e. The van der Waals surface area contributed by atoms with Gasteiger partial charge in [-0.15, -0.1) is 21.5 Å². The molecule has 0 saturated carbocycles. The Morgan fingerprint density at radius 1 is 1.04 bits per heavy atom. The van der Waals surface area contributed by atoms with E-state index in [9.17, 15) is 0 Å². The van der Waals surface area contributed by atoms with E-state index in [4.69, 9.17) is 0 Å². The number of hydrogen-bond acceptors (Lipinski definition) is 4. The van der Waals surface area contributed by atoms with Crippen molar-refractivity contribution in [3.05, 3.63) is 51.9 Å². The molecule has 1 aliphatic rings. The van der Waals surface area contributed by atoms with E-state index in [1.165, 1.54) is 40.0 Å². The predicted octanol–water partition coefficient (Wildman–Crippen LogP) is 5.84. The Kier molecular flexibility index (Phi) is 4.30. The van der Waals surface area contributed by atoms with Gasteiger partial charge in [0.2, 0.25) is 5.82 Å². The molecule has 4 nitrogen and oxygen atoms in total. The molecule has 0 saturated heterocycles. The number of rotatable bonds is 3. The number of H-pyrrole nitrogens is 1. The minimum absolute atomic E-state index is 0.233. The van der Waals surface area contributed by atoms with Crippen LogP contribution in [0.2, 0.25) is 0 Å². The van der Waals surface area contributed by atoms with Crippen LogP contribution < -0.4 is 0 Å². The lowest BCUT2D eigenvalue weighted by Gasteiger charge is -2.42. The molecule has 0 fully saturated rings. The Bertz CT molecular complexity index is 993. The largest absolute Gasteiger partial charge is 0.214 e. The lowest BCUT2D eigenvalue weighted by atomic mass is 9.63. The van der Waals surface area contributed by atoms with Crippen LogP contribution in [0.4, 0.5) is 0 Å². The zero-order chi connectivity index (χ0) is 19.2. The fourth-order valence-corrected chi connectivity index (χ4v) is 4.86. The Labute approximate surface area is 164 Å². The first-order chi connectivity index (χ1) is 12.8. The normalized spacial score (nSPS) is 18.3. The van der Waals surface area contributed by atoms with Gasteiger partial charge in [-0.3, -0.25) is 0 Å². The Hall–Kier alpha value is -2.27. The third kappa shape index (κ3) is 3.36. The third-order valence-electron chi connectivity index (χ3n) is 5.82. The molecular weight excluding hydrogens is 352 g/mol. The minimum atomic E-state index is 0.233. The highest BCUT2D eigenvalue weighted by atomic mass is 32.1. The zero-order valence-electron chi connectivity index (χ0n) is 16.6. The summed E-state index contributed by atoms with van der Waals surface area (Å²) in [5.41, 5.74) is 6.02. The summed E-state index contributed by atoms with van der Waals surface area (Å²) >= 11 is 1.69. The molecule has 0 bridgehead atoms. The Morgan fingerprint density at radius 2 is 1.78 bits per heavy atom. The molecule has 0 atom stereocenters. The number of tetrazole rings is 1. The number of nitrogens with one attached hydrogen (secondary N) is 1. The maximum atomic E-state index is 4.06. The monoisotopic (exact) mass is 378 g/mol. The summed E-state index contributed by atoms with van der Waals surface area (Å²) in [6.45, 7) is 11.6. The molecule has 4 rings (SSSR count). The van der Waals surface area contributed by atoms with E-state index < -0.39 is 0 Å². The molecule has 1 aliphatic carbocycles. The molecule has 0 unspecified atom stereocenters. The standard InChI is InChI=1S/C22H26N4S/c1-14(18-8-9-19(27-18)20-23-25-26-24-20)12-15-6-7-16-17(13-15)22(4,5)11-10-21(16,2)3/h6-9,12-13H,10-11H2,1-5H3,(H,23,24,25,26)/b14-12-. The van der Waals surface area contributed by atoms with Gasteiger partial charge in [0.25, 0.3) is 0 Å². The summed E-state index contributed by atoms with van der Waals surface area (Å²) in [6, 6.07) is 11.2. The molecule has 5 heteroatoms. The molecule has 0 radical (unpaired) electrons. The van der Waals surface area contributed by atoms with Gasteiger partial charge >= 0.3 is 0 Å². The van der Waals surface area contributed by atoms with Crippen molar-refractivity contribution in [1.82, 2.24) is 20.6 Å². The molecular formula is C22H26N4S. The average Bonchev–Trinajstić information content (AvgIpc) is 3.30. The van der Waals surface area contributed by atoms with Crippen LogP contribution in [0.1, 0.15) is 69.0 Å². The van der Waals surface area contributed by atoms with Gasteiger partial charge in [-0.05, 0) is 70.2 Å². The second-order valence-electron chi connectivity index (χ2n) is 8.80. The third-order valence-corrected chi connectivity index (χ3v) is 7.04. The van der Waals surface area contributed by atoms with Gasteiger partial charge in [-0.1, -0.05) is 52.0 Å². The number of benzene rings is 1. The van der Waals surface area contributed by atoms with Crippen molar-refractivity contribution in [2.45, 2.75) is 58.3 Å². The molecule has 2 heterocycles. The van der Waals surface area contributed by atoms with Crippen molar-refractivity contribution in [1.29, 1.82) is 0 Å². The van der Waals surface area contributed by atoms with Gasteiger partial charge in [0.15, 0.2) is 0 Å². The van der Waals surface area contributed by atoms with Crippen LogP contribution in [-0.4, -0.2) is 20.6 Å². The number of nitrogens with zero attached hydrogens (tertiary/aromatic N) is 3. The lowest BCUT2D eigenvalue weighted by Crippen LogP contribution is -2.33. The molecule has 27 heavy (non-hydrogen) atoms. The van der Waals surface area contributed by atoms with Crippen molar-refractivity contribution in [2.24, 2.45) is 0 Å². The fourth-order valence-electron chi connectivity index (χ4n) is 3.95. The summed E-state index contributed by atoms with van der Waals surface area (Å²) in [4.78, 5) is 2.26. The van der Waals surface area contributed by atoms with Crippen LogP contribution in [-0.2, 0) is 10.8 Å². The van der Waals surface area contributed by atoms with Crippen molar-refractivity contribution in [3.63, 3.8) is 0 Å². The Morgan fingerprint density at radius 3 is 2.48 bits per heavy atom.